The van der Waals surface area contributed by atoms with Gasteiger partial charge in [0.1, 0.15) is 5.82 Å². The van der Waals surface area contributed by atoms with Gasteiger partial charge in [-0.2, -0.15) is 0 Å². The number of guanidine groups is 1. The molecule has 0 saturated carbocycles. The minimum atomic E-state index is -0.357. The van der Waals surface area contributed by atoms with Crippen molar-refractivity contribution in [2.45, 2.75) is 32.2 Å². The van der Waals surface area contributed by atoms with Crippen LogP contribution >= 0.6 is 24.0 Å². The average molecular weight is 502 g/mol. The number of amides is 2. The summed E-state index contributed by atoms with van der Waals surface area (Å²) in [4.78, 5) is 20.7. The molecule has 154 valence electrons. The number of hydrogen-bond acceptors (Lipinski definition) is 2. The number of aliphatic imine (C=N–C) groups is 1. The maximum absolute atomic E-state index is 13.5. The van der Waals surface area contributed by atoms with Gasteiger partial charge in [0.15, 0.2) is 5.96 Å². The second-order valence-electron chi connectivity index (χ2n) is 6.76. The van der Waals surface area contributed by atoms with Crippen molar-refractivity contribution in [1.29, 1.82) is 0 Å². The highest BCUT2D eigenvalue weighted by atomic mass is 127. The summed E-state index contributed by atoms with van der Waals surface area (Å²) in [5.41, 5.74) is 7.31. The van der Waals surface area contributed by atoms with Gasteiger partial charge in [0.2, 0.25) is 0 Å². The number of halogens is 2. The molecule has 0 atom stereocenters. The number of fused-ring (bicyclic) bond motifs is 1. The van der Waals surface area contributed by atoms with Gasteiger partial charge in [-0.05, 0) is 49.9 Å². The first-order chi connectivity index (χ1) is 13.1. The molecule has 1 aromatic carbocycles. The minimum absolute atomic E-state index is 0. The monoisotopic (exact) mass is 502 g/mol. The molecule has 1 fully saturated rings. The van der Waals surface area contributed by atoms with E-state index in [2.05, 4.69) is 20.6 Å². The smallest absolute Gasteiger partial charge is 0.314 e. The van der Waals surface area contributed by atoms with E-state index in [-0.39, 0.29) is 41.9 Å². The number of H-pyrrole nitrogens is 1. The summed E-state index contributed by atoms with van der Waals surface area (Å²) in [5.74, 6) is 0.533. The van der Waals surface area contributed by atoms with E-state index in [1.807, 2.05) is 13.1 Å². The lowest BCUT2D eigenvalue weighted by Gasteiger charge is -2.32. The number of likely N-dealkylation sites (tertiary alicyclic amines) is 1. The lowest BCUT2D eigenvalue weighted by molar-refractivity contribution is 0.188. The molecule has 1 aromatic heterocycles. The van der Waals surface area contributed by atoms with Gasteiger partial charge in [0, 0.05) is 49.3 Å². The summed E-state index contributed by atoms with van der Waals surface area (Å²) in [6.45, 7) is 4.71. The number of rotatable bonds is 5. The number of carbonyl (C=O) groups excluding carboxylic acids is 1. The molecule has 0 radical (unpaired) electrons. The summed E-state index contributed by atoms with van der Waals surface area (Å²) < 4.78 is 13.5. The van der Waals surface area contributed by atoms with Crippen molar-refractivity contribution in [3.05, 3.63) is 35.8 Å². The van der Waals surface area contributed by atoms with E-state index < -0.39 is 0 Å². The van der Waals surface area contributed by atoms with Gasteiger partial charge in [-0.15, -0.1) is 24.0 Å². The van der Waals surface area contributed by atoms with Gasteiger partial charge in [0.05, 0.1) is 0 Å². The van der Waals surface area contributed by atoms with E-state index in [1.165, 1.54) is 6.07 Å². The third-order valence-electron chi connectivity index (χ3n) is 4.87. The van der Waals surface area contributed by atoms with E-state index in [9.17, 15) is 9.18 Å². The molecule has 0 aliphatic carbocycles. The molecular formula is C19H28FIN6O. The minimum Gasteiger partial charge on any atom is -0.361 e. The quantitative estimate of drug-likeness (QED) is 0.288. The Morgan fingerprint density at radius 1 is 1.39 bits per heavy atom. The van der Waals surface area contributed by atoms with Crippen molar-refractivity contribution >= 4 is 46.9 Å². The normalized spacial score (nSPS) is 15.4. The fraction of sp³-hybridized carbons (Fsp3) is 0.474. The summed E-state index contributed by atoms with van der Waals surface area (Å²) in [6.07, 6.45) is 4.32. The van der Waals surface area contributed by atoms with Crippen molar-refractivity contribution in [2.75, 3.05) is 26.2 Å². The van der Waals surface area contributed by atoms with E-state index in [0.717, 1.165) is 48.2 Å². The average Bonchev–Trinajstić information content (AvgIpc) is 3.04. The number of primary amides is 1. The predicted octanol–water partition coefficient (Wildman–Crippen LogP) is 2.57. The molecule has 1 saturated heterocycles. The molecule has 3 rings (SSSR count). The zero-order chi connectivity index (χ0) is 19.2. The number of nitrogens with one attached hydrogen (secondary N) is 3. The number of nitrogens with zero attached hydrogens (tertiary/aromatic N) is 2. The van der Waals surface area contributed by atoms with Crippen LogP contribution in [0.1, 0.15) is 25.3 Å². The number of piperidine rings is 1. The highest BCUT2D eigenvalue weighted by molar-refractivity contribution is 14.0. The first kappa shape index (κ1) is 22.3. The van der Waals surface area contributed by atoms with Crippen molar-refractivity contribution < 1.29 is 9.18 Å². The van der Waals surface area contributed by atoms with E-state index in [4.69, 9.17) is 5.73 Å². The Bertz CT molecular complexity index is 816. The van der Waals surface area contributed by atoms with Gasteiger partial charge < -0.3 is 26.3 Å². The molecule has 0 bridgehead atoms. The SMILES string of the molecule is CCNC(=NCCc1c[nH]c2ccc(F)cc12)NC1CCN(C(N)=O)CC1.I. The Labute approximate surface area is 181 Å². The van der Waals surface area contributed by atoms with Crippen LogP contribution in [0.2, 0.25) is 0 Å². The number of aromatic nitrogens is 1. The van der Waals surface area contributed by atoms with E-state index in [0.29, 0.717) is 19.6 Å². The number of hydrogen-bond donors (Lipinski definition) is 4. The first-order valence-electron chi connectivity index (χ1n) is 9.41. The summed E-state index contributed by atoms with van der Waals surface area (Å²) >= 11 is 0. The predicted molar refractivity (Wildman–Crippen MR) is 121 cm³/mol. The third kappa shape index (κ3) is 5.73. The number of carbonyl (C=O) groups is 1. The molecule has 28 heavy (non-hydrogen) atoms. The Kier molecular flexibility index (Phi) is 8.34. The number of urea groups is 1. The van der Waals surface area contributed by atoms with E-state index in [1.54, 1.807) is 17.0 Å². The zero-order valence-corrected chi connectivity index (χ0v) is 18.3. The molecule has 2 aromatic rings. The third-order valence-corrected chi connectivity index (χ3v) is 4.87. The molecule has 9 heteroatoms. The second kappa shape index (κ2) is 10.5. The maximum atomic E-state index is 13.5. The Morgan fingerprint density at radius 2 is 2.14 bits per heavy atom. The van der Waals surface area contributed by atoms with Crippen LogP contribution in [0.3, 0.4) is 0 Å². The summed E-state index contributed by atoms with van der Waals surface area (Å²) in [5, 5.41) is 7.60. The van der Waals surface area contributed by atoms with Crippen molar-refractivity contribution in [3.63, 3.8) is 0 Å². The lowest BCUT2D eigenvalue weighted by atomic mass is 10.1. The fourth-order valence-electron chi connectivity index (χ4n) is 3.40. The molecule has 2 heterocycles. The standard InChI is InChI=1S/C19H27FN6O.HI/c1-2-22-19(25-15-6-9-26(10-7-15)18(21)27)23-8-5-13-12-24-17-4-3-14(20)11-16(13)17;/h3-4,11-12,15,24H,2,5-10H2,1H3,(H2,21,27)(H2,22,23,25);1H. The Morgan fingerprint density at radius 3 is 2.82 bits per heavy atom. The second-order valence-corrected chi connectivity index (χ2v) is 6.76. The highest BCUT2D eigenvalue weighted by Gasteiger charge is 2.21. The van der Waals surface area contributed by atoms with Crippen LogP contribution < -0.4 is 16.4 Å². The van der Waals surface area contributed by atoms with Crippen molar-refractivity contribution in [1.82, 2.24) is 20.5 Å². The van der Waals surface area contributed by atoms with Crippen molar-refractivity contribution in [3.8, 4) is 0 Å². The van der Waals surface area contributed by atoms with Gasteiger partial charge >= 0.3 is 6.03 Å². The van der Waals surface area contributed by atoms with Crippen LogP contribution in [0.5, 0.6) is 0 Å². The van der Waals surface area contributed by atoms with Crippen LogP contribution in [-0.4, -0.2) is 54.1 Å². The van der Waals surface area contributed by atoms with Gasteiger partial charge in [-0.25, -0.2) is 9.18 Å². The van der Waals surface area contributed by atoms with Crippen molar-refractivity contribution in [2.24, 2.45) is 10.7 Å². The van der Waals surface area contributed by atoms with Gasteiger partial charge in [-0.1, -0.05) is 0 Å². The fourth-order valence-corrected chi connectivity index (χ4v) is 3.40. The van der Waals surface area contributed by atoms with Gasteiger partial charge in [0.25, 0.3) is 0 Å². The van der Waals surface area contributed by atoms with E-state index >= 15 is 0 Å². The van der Waals surface area contributed by atoms with Gasteiger partial charge in [-0.3, -0.25) is 4.99 Å². The largest absolute Gasteiger partial charge is 0.361 e. The summed E-state index contributed by atoms with van der Waals surface area (Å²) in [7, 11) is 0. The lowest BCUT2D eigenvalue weighted by Crippen LogP contribution is -2.50. The molecule has 2 amide bonds. The molecular weight excluding hydrogens is 474 g/mol. The Balaban J connectivity index is 0.00000280. The molecule has 5 N–H and O–H groups in total. The zero-order valence-electron chi connectivity index (χ0n) is 16.0. The van der Waals surface area contributed by atoms with Crippen LogP contribution in [0.4, 0.5) is 9.18 Å². The summed E-state index contributed by atoms with van der Waals surface area (Å²) in [6, 6.07) is 4.67. The topological polar surface area (TPSA) is 98.5 Å². The molecule has 0 spiro atoms. The number of benzene rings is 1. The number of nitrogens with two attached hydrogens (primary N) is 1. The Hall–Kier alpha value is -2.04. The molecule has 7 nitrogen and oxygen atoms in total. The molecule has 0 unspecified atom stereocenters. The maximum Gasteiger partial charge on any atom is 0.314 e. The number of aromatic amines is 1. The van der Waals surface area contributed by atoms with Crippen LogP contribution in [0.25, 0.3) is 10.9 Å². The van der Waals surface area contributed by atoms with Crippen LogP contribution in [-0.2, 0) is 6.42 Å². The molecule has 1 aliphatic rings. The first-order valence-corrected chi connectivity index (χ1v) is 9.41. The van der Waals surface area contributed by atoms with Crippen LogP contribution in [0.15, 0.2) is 29.4 Å². The highest BCUT2D eigenvalue weighted by Crippen LogP contribution is 2.19. The molecule has 1 aliphatic heterocycles. The van der Waals surface area contributed by atoms with Crippen LogP contribution in [0, 0.1) is 5.82 Å².